The van der Waals surface area contributed by atoms with Gasteiger partial charge in [-0.25, -0.2) is 29.3 Å². The van der Waals surface area contributed by atoms with Crippen LogP contribution in [0.4, 0.5) is 21.4 Å². The number of piperidine rings is 1. The molecule has 6 rings (SSSR count). The molecule has 1 spiro atoms. The fourth-order valence-corrected chi connectivity index (χ4v) is 9.25. The van der Waals surface area contributed by atoms with Gasteiger partial charge in [0.05, 0.1) is 23.1 Å². The summed E-state index contributed by atoms with van der Waals surface area (Å²) in [5.74, 6) is -0.389. The number of carbonyl (C=O) groups excluding carboxylic acids is 3. The lowest BCUT2D eigenvalue weighted by Crippen LogP contribution is -2.50. The van der Waals surface area contributed by atoms with Crippen molar-refractivity contribution in [3.63, 3.8) is 0 Å². The molecule has 0 radical (unpaired) electrons. The molecule has 2 aliphatic rings. The van der Waals surface area contributed by atoms with Crippen LogP contribution < -0.4 is 14.5 Å². The summed E-state index contributed by atoms with van der Waals surface area (Å²) < 4.78 is 34.7. The first-order valence-electron chi connectivity index (χ1n) is 18.7. The monoisotopic (exact) mass is 839 g/mol. The number of hydrogen-bond donors (Lipinski definition) is 1. The average Bonchev–Trinajstić information content (AvgIpc) is 3.71. The van der Waals surface area contributed by atoms with Crippen LogP contribution in [0.15, 0.2) is 58.7 Å². The number of imide groups is 1. The number of benzene rings is 1. The molecule has 1 aromatic carbocycles. The highest BCUT2D eigenvalue weighted by Gasteiger charge is 2.51. The van der Waals surface area contributed by atoms with E-state index in [2.05, 4.69) is 37.8 Å². The summed E-state index contributed by atoms with van der Waals surface area (Å²) in [5.41, 5.74) is 0.808. The summed E-state index contributed by atoms with van der Waals surface area (Å²) in [5, 5.41) is -0.0711. The zero-order valence-corrected chi connectivity index (χ0v) is 36.4. The zero-order valence-electron chi connectivity index (χ0n) is 34.0. The second-order valence-electron chi connectivity index (χ2n) is 17.2. The molecule has 57 heavy (non-hydrogen) atoms. The molecule has 2 atom stereocenters. The normalized spacial score (nSPS) is 17.3. The molecule has 2 amide bonds. The maximum Gasteiger partial charge on any atom is 0.425 e. The van der Waals surface area contributed by atoms with Crippen molar-refractivity contribution in [1.29, 1.82) is 0 Å². The Morgan fingerprint density at radius 2 is 1.60 bits per heavy atom. The summed E-state index contributed by atoms with van der Waals surface area (Å²) in [4.78, 5) is 57.7. The van der Waals surface area contributed by atoms with Gasteiger partial charge < -0.3 is 23.7 Å². The Morgan fingerprint density at radius 1 is 0.965 bits per heavy atom. The number of methoxy groups -OCH3 is 1. The quantitative estimate of drug-likeness (QED) is 0.107. The van der Waals surface area contributed by atoms with E-state index in [4.69, 9.17) is 30.8 Å². The molecule has 1 aliphatic heterocycles. The highest BCUT2D eigenvalue weighted by atomic mass is 35.5. The van der Waals surface area contributed by atoms with Gasteiger partial charge >= 0.3 is 18.2 Å². The number of fused-ring (bicyclic) bond motifs is 2. The number of halogens is 1. The Hall–Kier alpha value is -4.09. The van der Waals surface area contributed by atoms with E-state index in [-0.39, 0.29) is 28.0 Å². The molecule has 0 bridgehead atoms. The first kappa shape index (κ1) is 42.5. The largest absolute Gasteiger partial charge is 0.598 e. The fourth-order valence-electron chi connectivity index (χ4n) is 7.00. The summed E-state index contributed by atoms with van der Waals surface area (Å²) in [6.45, 7) is 17.2. The number of carbonyl (C=O) groups is 3. The Morgan fingerprint density at radius 3 is 2.19 bits per heavy atom. The van der Waals surface area contributed by atoms with Crippen LogP contribution in [0.3, 0.4) is 0 Å². The molecule has 4 aromatic rings. The molecule has 4 heterocycles. The first-order chi connectivity index (χ1) is 26.6. The van der Waals surface area contributed by atoms with E-state index in [1.165, 1.54) is 24.4 Å². The summed E-state index contributed by atoms with van der Waals surface area (Å²) in [7, 11) is 1.28. The van der Waals surface area contributed by atoms with Crippen LogP contribution in [0, 0.1) is 5.41 Å². The number of imidazole rings is 1. The van der Waals surface area contributed by atoms with Gasteiger partial charge in [-0.05, 0) is 98.8 Å². The third-order valence-corrected chi connectivity index (χ3v) is 12.8. The van der Waals surface area contributed by atoms with Crippen LogP contribution in [0.2, 0.25) is 5.02 Å². The Labute approximate surface area is 345 Å². The number of rotatable bonds is 7. The van der Waals surface area contributed by atoms with Crippen molar-refractivity contribution in [3.05, 3.63) is 70.8 Å². The molecule has 1 aliphatic carbocycles. The summed E-state index contributed by atoms with van der Waals surface area (Å²) in [6.07, 6.45) is 5.16. The van der Waals surface area contributed by atoms with E-state index in [1.807, 2.05) is 31.2 Å². The van der Waals surface area contributed by atoms with Crippen molar-refractivity contribution < 1.29 is 33.1 Å². The van der Waals surface area contributed by atoms with Crippen molar-refractivity contribution >= 4 is 70.3 Å². The van der Waals surface area contributed by atoms with E-state index < -0.39 is 45.5 Å². The van der Waals surface area contributed by atoms with Crippen LogP contribution in [-0.2, 0) is 32.0 Å². The number of aromatic nitrogens is 4. The van der Waals surface area contributed by atoms with E-state index in [0.717, 1.165) is 31.0 Å². The second kappa shape index (κ2) is 15.9. The minimum absolute atomic E-state index is 0.00967. The molecule has 1 saturated heterocycles. The van der Waals surface area contributed by atoms with Gasteiger partial charge in [0, 0.05) is 53.4 Å². The lowest BCUT2D eigenvalue weighted by molar-refractivity contribution is 0.0427. The first-order valence-corrected chi connectivity index (χ1v) is 21.0. The van der Waals surface area contributed by atoms with Crippen LogP contribution in [0.1, 0.15) is 103 Å². The van der Waals surface area contributed by atoms with E-state index in [9.17, 15) is 18.9 Å². The van der Waals surface area contributed by atoms with Gasteiger partial charge in [0.25, 0.3) is 0 Å². The van der Waals surface area contributed by atoms with Gasteiger partial charge in [-0.3, -0.25) is 4.40 Å². The Kier molecular flexibility index (Phi) is 11.9. The minimum atomic E-state index is -1.27. The Bertz CT molecular complexity index is 2140. The maximum absolute atomic E-state index is 13.5. The molecule has 0 saturated carbocycles. The topological polar surface area (TPSA) is 164 Å². The SMILES string of the molecule is COC(=O)c1nc(N2CCC3(CC2)Cc2ccccc2[C@H]3N[S+]([O-])C(C)(C)C)n2ccnc2c1Sc1ccnc(N(C(=O)OC(C)(C)C)C(=O)OC(C)(C)C)c1Cl. The number of nitrogens with zero attached hydrogens (tertiary/aromatic N) is 6. The Balaban J connectivity index is 1.34. The fraction of sp³-hybridized carbons (Fsp3) is 0.500. The van der Waals surface area contributed by atoms with Crippen molar-refractivity contribution in [2.45, 2.75) is 113 Å². The number of ether oxygens (including phenoxy) is 3. The minimum Gasteiger partial charge on any atom is -0.598 e. The van der Waals surface area contributed by atoms with Gasteiger partial charge in [-0.1, -0.05) is 47.6 Å². The van der Waals surface area contributed by atoms with Crippen LogP contribution >= 0.6 is 23.4 Å². The van der Waals surface area contributed by atoms with Crippen molar-refractivity contribution in [3.8, 4) is 0 Å². The number of amides is 2. The zero-order chi connectivity index (χ0) is 41.7. The van der Waals surface area contributed by atoms with Gasteiger partial charge in [0.2, 0.25) is 5.95 Å². The number of anilines is 2. The van der Waals surface area contributed by atoms with Gasteiger partial charge in [0.1, 0.15) is 15.9 Å². The lowest BCUT2D eigenvalue weighted by Gasteiger charge is -2.44. The predicted octanol–water partition coefficient (Wildman–Crippen LogP) is 8.33. The lowest BCUT2D eigenvalue weighted by atomic mass is 9.73. The average molecular weight is 840 g/mol. The molecule has 306 valence electrons. The van der Waals surface area contributed by atoms with Crippen molar-refractivity contribution in [2.75, 3.05) is 30.0 Å². The van der Waals surface area contributed by atoms with Gasteiger partial charge in [-0.15, -0.1) is 4.72 Å². The molecule has 1 N–H and O–H groups in total. The highest BCUT2D eigenvalue weighted by molar-refractivity contribution is 7.99. The van der Waals surface area contributed by atoms with Crippen molar-refractivity contribution in [1.82, 2.24) is 24.1 Å². The second-order valence-corrected chi connectivity index (χ2v) is 20.6. The molecular formula is C40H50ClN7O7S2. The number of hydrogen-bond acceptors (Lipinski definition) is 13. The third-order valence-electron chi connectivity index (χ3n) is 9.62. The van der Waals surface area contributed by atoms with Crippen LogP contribution in [0.5, 0.6) is 0 Å². The van der Waals surface area contributed by atoms with E-state index in [1.54, 1.807) is 60.0 Å². The van der Waals surface area contributed by atoms with Crippen LogP contribution in [0.25, 0.3) is 5.65 Å². The highest BCUT2D eigenvalue weighted by Crippen LogP contribution is 2.53. The molecule has 1 unspecified atom stereocenters. The summed E-state index contributed by atoms with van der Waals surface area (Å²) >= 11 is 6.75. The molecule has 1 fully saturated rings. The van der Waals surface area contributed by atoms with Crippen molar-refractivity contribution in [2.24, 2.45) is 5.41 Å². The van der Waals surface area contributed by atoms with E-state index in [0.29, 0.717) is 39.4 Å². The standard InChI is InChI=1S/C40H50ClN7O7S2/c1-37(2,3)54-35(50)48(36(51)55-38(4,5)6)31-27(41)26(15-18-42-31)56-29-28(33(49)53-10)44-34(47-22-19-43-32(29)47)46-20-16-40(17-21-46)23-24-13-11-12-14-25(24)30(40)45-57(52)39(7,8)9/h11-15,18-19,22,30,45H,16-17,20-21,23H2,1-10H3/t30-,57?/m1/s1. The van der Waals surface area contributed by atoms with Gasteiger partial charge in [0.15, 0.2) is 17.2 Å². The van der Waals surface area contributed by atoms with E-state index >= 15 is 0 Å². The molecule has 17 heteroatoms. The molecule has 14 nitrogen and oxygen atoms in total. The third kappa shape index (κ3) is 8.99. The van der Waals surface area contributed by atoms with Crippen LogP contribution in [-0.4, -0.2) is 78.2 Å². The van der Waals surface area contributed by atoms with Gasteiger partial charge in [-0.2, -0.15) is 4.90 Å². The molecular weight excluding hydrogens is 790 g/mol. The molecule has 3 aromatic heterocycles. The summed E-state index contributed by atoms with van der Waals surface area (Å²) in [6, 6.07) is 9.88. The smallest absolute Gasteiger partial charge is 0.425 e. The number of nitrogens with one attached hydrogen (secondary N) is 1. The number of esters is 1. The number of pyridine rings is 1. The predicted molar refractivity (Wildman–Crippen MR) is 220 cm³/mol. The maximum atomic E-state index is 13.5.